The standard InChI is InChI=1S/C22H27N3O/c23-16-11-22(12-16)9-15(10-22)19-17-3-1-2-4-18(17)21(26)25(24-19)20(13-5-6-13)14-7-8-14/h1-4,13-16,20H,5-12,23H2. The second-order valence-electron chi connectivity index (χ2n) is 9.62. The fourth-order valence-electron chi connectivity index (χ4n) is 5.96. The monoisotopic (exact) mass is 349 g/mol. The Morgan fingerprint density at radius 2 is 1.62 bits per heavy atom. The lowest BCUT2D eigenvalue weighted by molar-refractivity contribution is -0.00961. The van der Waals surface area contributed by atoms with E-state index in [1.807, 2.05) is 22.9 Å². The highest BCUT2D eigenvalue weighted by molar-refractivity contribution is 5.84. The van der Waals surface area contributed by atoms with Crippen molar-refractivity contribution in [1.29, 1.82) is 0 Å². The predicted octanol–water partition coefficient (Wildman–Crippen LogP) is 3.74. The number of nitrogens with zero attached hydrogens (tertiary/aromatic N) is 2. The number of nitrogens with two attached hydrogens (primary N) is 1. The molecular formula is C22H27N3O. The van der Waals surface area contributed by atoms with E-state index in [1.54, 1.807) is 0 Å². The summed E-state index contributed by atoms with van der Waals surface area (Å²) in [5, 5.41) is 7.02. The van der Waals surface area contributed by atoms with Gasteiger partial charge in [-0.2, -0.15) is 5.10 Å². The zero-order valence-electron chi connectivity index (χ0n) is 15.2. The van der Waals surface area contributed by atoms with Crippen LogP contribution in [0.25, 0.3) is 10.8 Å². The average molecular weight is 349 g/mol. The molecule has 4 nitrogen and oxygen atoms in total. The van der Waals surface area contributed by atoms with Gasteiger partial charge >= 0.3 is 0 Å². The van der Waals surface area contributed by atoms with E-state index in [4.69, 9.17) is 10.8 Å². The molecule has 4 aliphatic carbocycles. The molecule has 1 aromatic heterocycles. The Balaban J connectivity index is 1.44. The summed E-state index contributed by atoms with van der Waals surface area (Å²) in [7, 11) is 0. The minimum absolute atomic E-state index is 0.132. The van der Waals surface area contributed by atoms with E-state index < -0.39 is 0 Å². The summed E-state index contributed by atoms with van der Waals surface area (Å²) >= 11 is 0. The molecule has 1 aromatic carbocycles. The Kier molecular flexibility index (Phi) is 3.07. The van der Waals surface area contributed by atoms with Gasteiger partial charge in [0.1, 0.15) is 0 Å². The van der Waals surface area contributed by atoms with Crippen LogP contribution in [0.1, 0.15) is 69.0 Å². The van der Waals surface area contributed by atoms with Crippen LogP contribution < -0.4 is 11.3 Å². The molecule has 0 aliphatic heterocycles. The SMILES string of the molecule is NC1CC2(C1)CC(c1nn(C(C3CC3)C3CC3)c(=O)c3ccccc13)C2. The Morgan fingerprint density at radius 1 is 1.00 bits per heavy atom. The Bertz CT molecular complexity index is 914. The van der Waals surface area contributed by atoms with Gasteiger partial charge in [-0.05, 0) is 74.7 Å². The van der Waals surface area contributed by atoms with E-state index in [-0.39, 0.29) is 5.56 Å². The van der Waals surface area contributed by atoms with Gasteiger partial charge in [-0.15, -0.1) is 0 Å². The highest BCUT2D eigenvalue weighted by Crippen LogP contribution is 2.61. The van der Waals surface area contributed by atoms with E-state index in [9.17, 15) is 4.79 Å². The van der Waals surface area contributed by atoms with E-state index in [2.05, 4.69) is 6.07 Å². The van der Waals surface area contributed by atoms with E-state index >= 15 is 0 Å². The van der Waals surface area contributed by atoms with Crippen LogP contribution in [-0.4, -0.2) is 15.8 Å². The second kappa shape index (κ2) is 5.19. The van der Waals surface area contributed by atoms with Crippen molar-refractivity contribution in [1.82, 2.24) is 9.78 Å². The quantitative estimate of drug-likeness (QED) is 0.914. The van der Waals surface area contributed by atoms with Crippen LogP contribution in [0.5, 0.6) is 0 Å². The third-order valence-corrected chi connectivity index (χ3v) is 7.49. The summed E-state index contributed by atoms with van der Waals surface area (Å²) < 4.78 is 1.92. The molecule has 2 aromatic rings. The number of aromatic nitrogens is 2. The summed E-state index contributed by atoms with van der Waals surface area (Å²) in [6, 6.07) is 8.90. The highest BCUT2D eigenvalue weighted by atomic mass is 16.1. The van der Waals surface area contributed by atoms with Crippen molar-refractivity contribution in [2.75, 3.05) is 0 Å². The molecule has 4 heteroatoms. The van der Waals surface area contributed by atoms with Gasteiger partial charge in [-0.1, -0.05) is 18.2 Å². The fourth-order valence-corrected chi connectivity index (χ4v) is 5.96. The maximum Gasteiger partial charge on any atom is 0.274 e. The van der Waals surface area contributed by atoms with Gasteiger partial charge in [0.2, 0.25) is 0 Å². The number of hydrogen-bond acceptors (Lipinski definition) is 3. The highest BCUT2D eigenvalue weighted by Gasteiger charge is 2.53. The molecule has 0 radical (unpaired) electrons. The zero-order chi connectivity index (χ0) is 17.5. The van der Waals surface area contributed by atoms with E-state index in [0.717, 1.165) is 10.8 Å². The summed E-state index contributed by atoms with van der Waals surface area (Å²) in [6.45, 7) is 0. The lowest BCUT2D eigenvalue weighted by Crippen LogP contribution is -2.52. The molecule has 1 spiro atoms. The van der Waals surface area contributed by atoms with E-state index in [0.29, 0.717) is 35.3 Å². The van der Waals surface area contributed by atoms with Crippen molar-refractivity contribution in [3.8, 4) is 0 Å². The Morgan fingerprint density at radius 3 is 2.19 bits per heavy atom. The topological polar surface area (TPSA) is 60.9 Å². The largest absolute Gasteiger partial charge is 0.328 e. The van der Waals surface area contributed by atoms with Crippen LogP contribution in [0.15, 0.2) is 29.1 Å². The Labute approximate surface area is 153 Å². The van der Waals surface area contributed by atoms with Gasteiger partial charge in [-0.3, -0.25) is 4.79 Å². The maximum atomic E-state index is 13.2. The molecule has 0 amide bonds. The summed E-state index contributed by atoms with van der Waals surface area (Å²) in [5.41, 5.74) is 7.84. The van der Waals surface area contributed by atoms with Gasteiger partial charge in [0.25, 0.3) is 5.56 Å². The van der Waals surface area contributed by atoms with Gasteiger partial charge in [0, 0.05) is 17.3 Å². The van der Waals surface area contributed by atoms with Crippen molar-refractivity contribution in [3.05, 3.63) is 40.3 Å². The molecule has 6 rings (SSSR count). The van der Waals surface area contributed by atoms with Crippen molar-refractivity contribution < 1.29 is 0 Å². The number of benzene rings is 1. The van der Waals surface area contributed by atoms with Crippen molar-refractivity contribution >= 4 is 10.8 Å². The van der Waals surface area contributed by atoms with Crippen LogP contribution in [0.4, 0.5) is 0 Å². The van der Waals surface area contributed by atoms with Gasteiger partial charge in [0.05, 0.1) is 17.1 Å². The summed E-state index contributed by atoms with van der Waals surface area (Å²) in [5.74, 6) is 1.86. The first-order chi connectivity index (χ1) is 12.6. The van der Waals surface area contributed by atoms with Gasteiger partial charge in [-0.25, -0.2) is 4.68 Å². The first-order valence-corrected chi connectivity index (χ1v) is 10.4. The van der Waals surface area contributed by atoms with Crippen LogP contribution >= 0.6 is 0 Å². The molecule has 0 atom stereocenters. The van der Waals surface area contributed by atoms with Crippen molar-refractivity contribution in [3.63, 3.8) is 0 Å². The number of hydrogen-bond donors (Lipinski definition) is 1. The molecule has 4 aliphatic rings. The third-order valence-electron chi connectivity index (χ3n) is 7.49. The van der Waals surface area contributed by atoms with E-state index in [1.165, 1.54) is 57.1 Å². The molecule has 26 heavy (non-hydrogen) atoms. The molecule has 0 unspecified atom stereocenters. The van der Waals surface area contributed by atoms with Crippen LogP contribution in [0.2, 0.25) is 0 Å². The average Bonchev–Trinajstić information content (AvgIpc) is 3.47. The molecule has 0 saturated heterocycles. The minimum atomic E-state index is 0.132. The summed E-state index contributed by atoms with van der Waals surface area (Å²) in [4.78, 5) is 13.2. The molecule has 1 heterocycles. The summed E-state index contributed by atoms with van der Waals surface area (Å²) in [6.07, 6.45) is 9.82. The van der Waals surface area contributed by atoms with Gasteiger partial charge < -0.3 is 5.73 Å². The first-order valence-electron chi connectivity index (χ1n) is 10.4. The number of rotatable bonds is 4. The zero-order valence-corrected chi connectivity index (χ0v) is 15.2. The molecule has 136 valence electrons. The number of fused-ring (bicyclic) bond motifs is 1. The lowest BCUT2D eigenvalue weighted by atomic mass is 9.49. The van der Waals surface area contributed by atoms with Crippen LogP contribution in [0.3, 0.4) is 0 Å². The minimum Gasteiger partial charge on any atom is -0.328 e. The molecule has 0 bridgehead atoms. The third kappa shape index (κ3) is 2.24. The lowest BCUT2D eigenvalue weighted by Gasteiger charge is -2.57. The first kappa shape index (κ1) is 15.4. The molecular weight excluding hydrogens is 322 g/mol. The second-order valence-corrected chi connectivity index (χ2v) is 9.62. The maximum absolute atomic E-state index is 13.2. The van der Waals surface area contributed by atoms with Crippen molar-refractivity contribution in [2.45, 2.75) is 69.4 Å². The van der Waals surface area contributed by atoms with Crippen molar-refractivity contribution in [2.24, 2.45) is 23.0 Å². The van der Waals surface area contributed by atoms with Crippen LogP contribution in [-0.2, 0) is 0 Å². The molecule has 2 N–H and O–H groups in total. The molecule has 4 saturated carbocycles. The van der Waals surface area contributed by atoms with Crippen LogP contribution in [0, 0.1) is 17.3 Å². The fraction of sp³-hybridized carbons (Fsp3) is 0.636. The Hall–Kier alpha value is -1.68. The smallest absolute Gasteiger partial charge is 0.274 e. The normalized spacial score (nSPS) is 33.5. The predicted molar refractivity (Wildman–Crippen MR) is 102 cm³/mol. The molecule has 4 fully saturated rings. The van der Waals surface area contributed by atoms with Gasteiger partial charge in [0.15, 0.2) is 0 Å².